The Labute approximate surface area is 153 Å². The van der Waals surface area contributed by atoms with E-state index in [1.54, 1.807) is 25.3 Å². The number of ether oxygens (including phenoxy) is 1. The third-order valence-electron chi connectivity index (χ3n) is 4.43. The Morgan fingerprint density at radius 1 is 1.31 bits per heavy atom. The number of hydrogen-bond donors (Lipinski definition) is 0. The van der Waals surface area contributed by atoms with Crippen molar-refractivity contribution in [3.8, 4) is 5.75 Å². The first kappa shape index (κ1) is 17.9. The van der Waals surface area contributed by atoms with Crippen LogP contribution < -0.4 is 4.74 Å². The van der Waals surface area contributed by atoms with Crippen molar-refractivity contribution < 1.29 is 9.53 Å². The molecule has 0 spiro atoms. The first-order chi connectivity index (χ1) is 12.4. The van der Waals surface area contributed by atoms with E-state index in [0.717, 1.165) is 22.3 Å². The summed E-state index contributed by atoms with van der Waals surface area (Å²) in [5.41, 5.74) is 3.07. The van der Waals surface area contributed by atoms with E-state index >= 15 is 0 Å². The summed E-state index contributed by atoms with van der Waals surface area (Å²) in [5.74, 6) is 0.704. The Balaban J connectivity index is 1.90. The summed E-state index contributed by atoms with van der Waals surface area (Å²) >= 11 is 0. The Morgan fingerprint density at radius 3 is 2.73 bits per heavy atom. The van der Waals surface area contributed by atoms with Gasteiger partial charge >= 0.3 is 0 Å². The molecule has 2 heterocycles. The van der Waals surface area contributed by atoms with E-state index < -0.39 is 0 Å². The number of aryl methyl sites for hydroxylation is 1. The highest BCUT2D eigenvalue weighted by molar-refractivity contribution is 5.98. The summed E-state index contributed by atoms with van der Waals surface area (Å²) in [6.07, 6.45) is 1.76. The topological polar surface area (TPSA) is 60.2 Å². The Morgan fingerprint density at radius 2 is 2.04 bits per heavy atom. The molecule has 136 valence electrons. The van der Waals surface area contributed by atoms with Crippen molar-refractivity contribution in [2.45, 2.75) is 33.4 Å². The first-order valence-electron chi connectivity index (χ1n) is 8.64. The summed E-state index contributed by atoms with van der Waals surface area (Å²) in [6.45, 7) is 6.44. The minimum atomic E-state index is -0.0693. The van der Waals surface area contributed by atoms with Crippen molar-refractivity contribution in [1.29, 1.82) is 0 Å². The summed E-state index contributed by atoms with van der Waals surface area (Å²) in [5, 5.41) is 5.26. The summed E-state index contributed by atoms with van der Waals surface area (Å²) < 4.78 is 7.25. The molecule has 0 bridgehead atoms. The molecule has 6 heteroatoms. The molecule has 0 unspecified atom stereocenters. The van der Waals surface area contributed by atoms with Crippen LogP contribution in [0.4, 0.5) is 0 Å². The van der Waals surface area contributed by atoms with E-state index in [0.29, 0.717) is 17.8 Å². The van der Waals surface area contributed by atoms with Gasteiger partial charge in [0.25, 0.3) is 5.91 Å². The fourth-order valence-corrected chi connectivity index (χ4v) is 3.03. The van der Waals surface area contributed by atoms with Gasteiger partial charge in [-0.05, 0) is 32.9 Å². The maximum atomic E-state index is 13.0. The lowest BCUT2D eigenvalue weighted by atomic mass is 10.1. The molecule has 6 nitrogen and oxygen atoms in total. The highest BCUT2D eigenvalue weighted by Gasteiger charge is 2.19. The Kier molecular flexibility index (Phi) is 4.93. The number of hydrogen-bond acceptors (Lipinski definition) is 4. The van der Waals surface area contributed by atoms with Gasteiger partial charge in [0, 0.05) is 30.6 Å². The number of fused-ring (bicyclic) bond motifs is 1. The number of nitrogens with zero attached hydrogens (tertiary/aromatic N) is 4. The van der Waals surface area contributed by atoms with Gasteiger partial charge in [-0.3, -0.25) is 4.79 Å². The number of methoxy groups -OCH3 is 1. The van der Waals surface area contributed by atoms with Crippen LogP contribution in [0.25, 0.3) is 11.0 Å². The SMILES string of the molecule is COc1ccccc1CN(C)C(=O)c1cc2cnn(C(C)C)c2nc1C. The standard InChI is InChI=1S/C20H24N4O2/c1-13(2)24-19-16(11-21-24)10-17(14(3)22-19)20(25)23(4)12-15-8-6-7-9-18(15)26-5/h6-11,13H,12H2,1-5H3. The molecule has 1 amide bonds. The van der Waals surface area contributed by atoms with Gasteiger partial charge in [0.1, 0.15) is 5.75 Å². The second kappa shape index (κ2) is 7.15. The van der Waals surface area contributed by atoms with Gasteiger partial charge in [-0.15, -0.1) is 0 Å². The third-order valence-corrected chi connectivity index (χ3v) is 4.43. The van der Waals surface area contributed by atoms with E-state index in [2.05, 4.69) is 23.9 Å². The van der Waals surface area contributed by atoms with Gasteiger partial charge in [0.2, 0.25) is 0 Å². The lowest BCUT2D eigenvalue weighted by Crippen LogP contribution is -2.27. The molecule has 0 aliphatic rings. The zero-order valence-corrected chi connectivity index (χ0v) is 15.9. The van der Waals surface area contributed by atoms with Crippen molar-refractivity contribution in [2.24, 2.45) is 0 Å². The van der Waals surface area contributed by atoms with Crippen molar-refractivity contribution in [3.05, 3.63) is 53.3 Å². The van der Waals surface area contributed by atoms with Gasteiger partial charge in [0.15, 0.2) is 5.65 Å². The molecule has 26 heavy (non-hydrogen) atoms. The van der Waals surface area contributed by atoms with Gasteiger partial charge in [-0.2, -0.15) is 5.10 Å². The molecule has 0 saturated heterocycles. The molecule has 0 atom stereocenters. The average Bonchev–Trinajstić information content (AvgIpc) is 3.03. The van der Waals surface area contributed by atoms with Crippen molar-refractivity contribution >= 4 is 16.9 Å². The highest BCUT2D eigenvalue weighted by atomic mass is 16.5. The van der Waals surface area contributed by atoms with E-state index in [4.69, 9.17) is 4.74 Å². The number of para-hydroxylation sites is 1. The number of benzene rings is 1. The van der Waals surface area contributed by atoms with Gasteiger partial charge in [0.05, 0.1) is 24.6 Å². The van der Waals surface area contributed by atoms with Crippen LogP contribution in [0, 0.1) is 6.92 Å². The predicted octanol–water partition coefficient (Wildman–Crippen LogP) is 3.60. The van der Waals surface area contributed by atoms with Crippen molar-refractivity contribution in [1.82, 2.24) is 19.7 Å². The van der Waals surface area contributed by atoms with Crippen LogP contribution in [0.15, 0.2) is 36.5 Å². The molecule has 0 aliphatic heterocycles. The summed E-state index contributed by atoms with van der Waals surface area (Å²) in [4.78, 5) is 19.3. The highest BCUT2D eigenvalue weighted by Crippen LogP contribution is 2.22. The van der Waals surface area contributed by atoms with E-state index in [1.165, 1.54) is 0 Å². The Hall–Kier alpha value is -2.89. The maximum absolute atomic E-state index is 13.0. The molecular formula is C20H24N4O2. The van der Waals surface area contributed by atoms with Gasteiger partial charge < -0.3 is 9.64 Å². The maximum Gasteiger partial charge on any atom is 0.255 e. The van der Waals surface area contributed by atoms with Crippen LogP contribution in [-0.4, -0.2) is 39.7 Å². The minimum absolute atomic E-state index is 0.0693. The van der Waals surface area contributed by atoms with Crippen LogP contribution in [0.3, 0.4) is 0 Å². The molecule has 0 aliphatic carbocycles. The lowest BCUT2D eigenvalue weighted by Gasteiger charge is -2.20. The fraction of sp³-hybridized carbons (Fsp3) is 0.350. The average molecular weight is 352 g/mol. The number of rotatable bonds is 5. The zero-order valence-electron chi connectivity index (χ0n) is 15.9. The quantitative estimate of drug-likeness (QED) is 0.704. The molecule has 3 aromatic rings. The van der Waals surface area contributed by atoms with E-state index in [1.807, 2.05) is 41.9 Å². The second-order valence-electron chi connectivity index (χ2n) is 6.69. The molecule has 0 radical (unpaired) electrons. The number of amides is 1. The molecule has 3 rings (SSSR count). The summed E-state index contributed by atoms with van der Waals surface area (Å²) in [7, 11) is 3.42. The molecule has 1 aromatic carbocycles. The summed E-state index contributed by atoms with van der Waals surface area (Å²) in [6, 6.07) is 9.81. The number of pyridine rings is 1. The third kappa shape index (κ3) is 3.27. The van der Waals surface area contributed by atoms with Gasteiger partial charge in [-0.1, -0.05) is 18.2 Å². The lowest BCUT2D eigenvalue weighted by molar-refractivity contribution is 0.0783. The first-order valence-corrected chi connectivity index (χ1v) is 8.64. The molecule has 2 aromatic heterocycles. The zero-order chi connectivity index (χ0) is 18.8. The second-order valence-corrected chi connectivity index (χ2v) is 6.69. The van der Waals surface area contributed by atoms with Crippen LogP contribution in [-0.2, 0) is 6.54 Å². The largest absolute Gasteiger partial charge is 0.496 e. The smallest absolute Gasteiger partial charge is 0.255 e. The predicted molar refractivity (Wildman–Crippen MR) is 101 cm³/mol. The molecule has 0 N–H and O–H groups in total. The van der Waals surface area contributed by atoms with Crippen LogP contribution in [0.5, 0.6) is 5.75 Å². The van der Waals surface area contributed by atoms with Crippen LogP contribution in [0.1, 0.15) is 41.5 Å². The van der Waals surface area contributed by atoms with Crippen LogP contribution >= 0.6 is 0 Å². The monoisotopic (exact) mass is 352 g/mol. The molecule has 0 fully saturated rings. The molecule has 0 saturated carbocycles. The fourth-order valence-electron chi connectivity index (χ4n) is 3.03. The van der Waals surface area contributed by atoms with E-state index in [9.17, 15) is 4.79 Å². The normalized spacial score (nSPS) is 11.2. The minimum Gasteiger partial charge on any atom is -0.496 e. The number of carbonyl (C=O) groups is 1. The van der Waals surface area contributed by atoms with E-state index in [-0.39, 0.29) is 11.9 Å². The van der Waals surface area contributed by atoms with Crippen LogP contribution in [0.2, 0.25) is 0 Å². The number of aromatic nitrogens is 3. The van der Waals surface area contributed by atoms with Crippen molar-refractivity contribution in [3.63, 3.8) is 0 Å². The molecular weight excluding hydrogens is 328 g/mol. The Bertz CT molecular complexity index is 946. The van der Waals surface area contributed by atoms with Gasteiger partial charge in [-0.25, -0.2) is 9.67 Å². The number of carbonyl (C=O) groups excluding carboxylic acids is 1. The van der Waals surface area contributed by atoms with Crippen molar-refractivity contribution in [2.75, 3.05) is 14.2 Å².